The molecule has 0 saturated carbocycles. The van der Waals surface area contributed by atoms with Crippen LogP contribution in [-0.4, -0.2) is 29.5 Å². The highest BCUT2D eigenvalue weighted by atomic mass is 127. The summed E-state index contributed by atoms with van der Waals surface area (Å²) < 4.78 is 39.7. The summed E-state index contributed by atoms with van der Waals surface area (Å²) in [6.07, 6.45) is -2.33. The predicted molar refractivity (Wildman–Crippen MR) is 104 cm³/mol. The lowest BCUT2D eigenvalue weighted by atomic mass is 10.1. The molecule has 4 nitrogen and oxygen atoms in total. The van der Waals surface area contributed by atoms with E-state index in [0.717, 1.165) is 23.4 Å². The Morgan fingerprint density at radius 2 is 1.84 bits per heavy atom. The molecule has 0 atom stereocenters. The van der Waals surface area contributed by atoms with Gasteiger partial charge in [0.2, 0.25) is 0 Å². The van der Waals surface area contributed by atoms with E-state index in [1.165, 1.54) is 12.1 Å². The molecular formula is C17H22F3IN4. The van der Waals surface area contributed by atoms with Crippen molar-refractivity contribution >= 4 is 29.9 Å². The second kappa shape index (κ2) is 9.12. The molecule has 2 rings (SSSR count). The maximum absolute atomic E-state index is 12.6. The molecule has 0 aliphatic carbocycles. The Kier molecular flexibility index (Phi) is 7.78. The first-order valence-corrected chi connectivity index (χ1v) is 7.49. The van der Waals surface area contributed by atoms with Crippen LogP contribution in [0.4, 0.5) is 13.2 Å². The predicted octanol–water partition coefficient (Wildman–Crippen LogP) is 3.87. The molecular weight excluding hydrogens is 444 g/mol. The van der Waals surface area contributed by atoms with Crippen LogP contribution < -0.4 is 5.32 Å². The smallest absolute Gasteiger partial charge is 0.353 e. The normalized spacial score (nSPS) is 11.8. The highest BCUT2D eigenvalue weighted by Gasteiger charge is 2.29. The van der Waals surface area contributed by atoms with E-state index < -0.39 is 11.7 Å². The first kappa shape index (κ1) is 21.3. The van der Waals surface area contributed by atoms with E-state index >= 15 is 0 Å². The fraction of sp³-hybridized carbons (Fsp3) is 0.353. The first-order valence-electron chi connectivity index (χ1n) is 7.49. The molecule has 25 heavy (non-hydrogen) atoms. The van der Waals surface area contributed by atoms with Gasteiger partial charge < -0.3 is 14.8 Å². The zero-order valence-electron chi connectivity index (χ0n) is 14.3. The van der Waals surface area contributed by atoms with Crippen LogP contribution in [-0.2, 0) is 26.3 Å². The van der Waals surface area contributed by atoms with Gasteiger partial charge in [-0.3, -0.25) is 4.99 Å². The minimum atomic E-state index is -4.31. The number of halogens is 4. The van der Waals surface area contributed by atoms with Gasteiger partial charge in [0.1, 0.15) is 0 Å². The standard InChI is InChI=1S/C17H21F3N4.HI/c1-21-16(24(3)12-15-5-4-10-23(15)2)22-11-13-6-8-14(9-7-13)17(18,19)20;/h4-10H,11-12H2,1-3H3,(H,21,22);1H. The Balaban J connectivity index is 0.00000312. The van der Waals surface area contributed by atoms with Gasteiger partial charge in [0.05, 0.1) is 12.1 Å². The van der Waals surface area contributed by atoms with Crippen LogP contribution in [0, 0.1) is 0 Å². The Hall–Kier alpha value is -1.71. The third-order valence-electron chi connectivity index (χ3n) is 3.76. The number of hydrogen-bond donors (Lipinski definition) is 1. The number of rotatable bonds is 4. The van der Waals surface area contributed by atoms with Crippen molar-refractivity contribution in [3.8, 4) is 0 Å². The fourth-order valence-corrected chi connectivity index (χ4v) is 2.36. The molecule has 0 radical (unpaired) electrons. The minimum absolute atomic E-state index is 0. The molecule has 0 unspecified atom stereocenters. The average molecular weight is 466 g/mol. The van der Waals surface area contributed by atoms with Crippen LogP contribution >= 0.6 is 24.0 Å². The molecule has 1 heterocycles. The van der Waals surface area contributed by atoms with Gasteiger partial charge in [0.25, 0.3) is 0 Å². The minimum Gasteiger partial charge on any atom is -0.353 e. The number of aliphatic imine (C=N–C) groups is 1. The second-order valence-electron chi connectivity index (χ2n) is 5.56. The summed E-state index contributed by atoms with van der Waals surface area (Å²) in [6.45, 7) is 1.08. The summed E-state index contributed by atoms with van der Waals surface area (Å²) in [5.74, 6) is 0.677. The molecule has 0 amide bonds. The number of nitrogens with one attached hydrogen (secondary N) is 1. The van der Waals surface area contributed by atoms with Crippen molar-refractivity contribution in [1.29, 1.82) is 0 Å². The molecule has 138 valence electrons. The van der Waals surface area contributed by atoms with Gasteiger partial charge in [-0.15, -0.1) is 24.0 Å². The van der Waals surface area contributed by atoms with Crippen LogP contribution in [0.1, 0.15) is 16.8 Å². The second-order valence-corrected chi connectivity index (χ2v) is 5.56. The zero-order valence-corrected chi connectivity index (χ0v) is 16.7. The van der Waals surface area contributed by atoms with Crippen molar-refractivity contribution < 1.29 is 13.2 Å². The summed E-state index contributed by atoms with van der Waals surface area (Å²) in [5, 5.41) is 3.16. The maximum Gasteiger partial charge on any atom is 0.416 e. The third kappa shape index (κ3) is 5.94. The van der Waals surface area contributed by atoms with Crippen molar-refractivity contribution in [2.24, 2.45) is 12.0 Å². The zero-order chi connectivity index (χ0) is 17.7. The molecule has 0 bridgehead atoms. The highest BCUT2D eigenvalue weighted by Crippen LogP contribution is 2.29. The molecule has 0 aliphatic heterocycles. The lowest BCUT2D eigenvalue weighted by Gasteiger charge is -2.22. The monoisotopic (exact) mass is 466 g/mol. The summed E-state index contributed by atoms with van der Waals surface area (Å²) >= 11 is 0. The van der Waals surface area contributed by atoms with Gasteiger partial charge in [-0.25, -0.2) is 0 Å². The first-order chi connectivity index (χ1) is 11.3. The number of nitrogens with zero attached hydrogens (tertiary/aromatic N) is 3. The van der Waals surface area contributed by atoms with Crippen LogP contribution in [0.15, 0.2) is 47.6 Å². The Bertz CT molecular complexity index is 693. The van der Waals surface area contributed by atoms with Gasteiger partial charge >= 0.3 is 6.18 Å². The van der Waals surface area contributed by atoms with Crippen molar-refractivity contribution in [3.63, 3.8) is 0 Å². The number of aromatic nitrogens is 1. The topological polar surface area (TPSA) is 32.6 Å². The van der Waals surface area contributed by atoms with Crippen molar-refractivity contribution in [2.75, 3.05) is 14.1 Å². The van der Waals surface area contributed by atoms with E-state index in [2.05, 4.69) is 10.3 Å². The molecule has 0 saturated heterocycles. The van der Waals surface area contributed by atoms with Gasteiger partial charge in [-0.1, -0.05) is 12.1 Å². The third-order valence-corrected chi connectivity index (χ3v) is 3.76. The molecule has 0 spiro atoms. The van der Waals surface area contributed by atoms with E-state index in [4.69, 9.17) is 0 Å². The lowest BCUT2D eigenvalue weighted by molar-refractivity contribution is -0.137. The number of alkyl halides is 3. The fourth-order valence-electron chi connectivity index (χ4n) is 2.36. The summed E-state index contributed by atoms with van der Waals surface area (Å²) in [7, 11) is 5.56. The van der Waals surface area contributed by atoms with E-state index in [1.807, 2.05) is 41.9 Å². The van der Waals surface area contributed by atoms with E-state index in [0.29, 0.717) is 19.0 Å². The quantitative estimate of drug-likeness (QED) is 0.422. The molecule has 1 aromatic heterocycles. The van der Waals surface area contributed by atoms with E-state index in [9.17, 15) is 13.2 Å². The van der Waals surface area contributed by atoms with E-state index in [1.54, 1.807) is 7.05 Å². The largest absolute Gasteiger partial charge is 0.416 e. The Labute approximate surface area is 162 Å². The molecule has 2 aromatic rings. The summed E-state index contributed by atoms with van der Waals surface area (Å²) in [6, 6.07) is 9.13. The van der Waals surface area contributed by atoms with Crippen molar-refractivity contribution in [2.45, 2.75) is 19.3 Å². The Morgan fingerprint density at radius 3 is 2.32 bits per heavy atom. The average Bonchev–Trinajstić information content (AvgIpc) is 2.92. The van der Waals surface area contributed by atoms with Gasteiger partial charge in [0.15, 0.2) is 5.96 Å². The van der Waals surface area contributed by atoms with Crippen LogP contribution in [0.2, 0.25) is 0 Å². The molecule has 0 fully saturated rings. The number of benzene rings is 1. The maximum atomic E-state index is 12.6. The number of hydrogen-bond acceptors (Lipinski definition) is 1. The summed E-state index contributed by atoms with van der Waals surface area (Å²) in [5.41, 5.74) is 1.25. The highest BCUT2D eigenvalue weighted by molar-refractivity contribution is 14.0. The van der Waals surface area contributed by atoms with Gasteiger partial charge in [0, 0.05) is 39.6 Å². The van der Waals surface area contributed by atoms with E-state index in [-0.39, 0.29) is 24.0 Å². The molecule has 1 aromatic carbocycles. The van der Waals surface area contributed by atoms with Crippen LogP contribution in [0.5, 0.6) is 0 Å². The SMILES string of the molecule is CN=C(NCc1ccc(C(F)(F)F)cc1)N(C)Cc1cccn1C.I. The van der Waals surface area contributed by atoms with Crippen molar-refractivity contribution in [1.82, 2.24) is 14.8 Å². The molecule has 0 aliphatic rings. The van der Waals surface area contributed by atoms with Crippen molar-refractivity contribution in [3.05, 3.63) is 59.4 Å². The van der Waals surface area contributed by atoms with Crippen LogP contribution in [0.25, 0.3) is 0 Å². The van der Waals surface area contributed by atoms with Crippen LogP contribution in [0.3, 0.4) is 0 Å². The Morgan fingerprint density at radius 1 is 1.20 bits per heavy atom. The molecule has 1 N–H and O–H groups in total. The number of aryl methyl sites for hydroxylation is 1. The summed E-state index contributed by atoms with van der Waals surface area (Å²) in [4.78, 5) is 6.17. The molecule has 8 heteroatoms. The lowest BCUT2D eigenvalue weighted by Crippen LogP contribution is -2.38. The van der Waals surface area contributed by atoms with Gasteiger partial charge in [-0.2, -0.15) is 13.2 Å². The number of guanidine groups is 1. The van der Waals surface area contributed by atoms with Gasteiger partial charge in [-0.05, 0) is 29.8 Å².